The fourth-order valence-electron chi connectivity index (χ4n) is 3.01. The van der Waals surface area contributed by atoms with Gasteiger partial charge in [-0.25, -0.2) is 4.39 Å². The average molecular weight is 422 g/mol. The normalized spacial score (nSPS) is 14.2. The number of nitro groups is 1. The highest BCUT2D eigenvalue weighted by Crippen LogP contribution is 2.31. The highest BCUT2D eigenvalue weighted by atomic mass is 79.9. The van der Waals surface area contributed by atoms with Crippen LogP contribution in [0, 0.1) is 15.9 Å². The molecule has 8 heteroatoms. The van der Waals surface area contributed by atoms with Crippen LogP contribution in [0.1, 0.15) is 29.6 Å². The zero-order valence-electron chi connectivity index (χ0n) is 13.9. The number of nitro benzene ring substituents is 1. The first-order valence-electron chi connectivity index (χ1n) is 8.25. The van der Waals surface area contributed by atoms with E-state index >= 15 is 0 Å². The molecule has 1 N–H and O–H groups in total. The lowest BCUT2D eigenvalue weighted by Gasteiger charge is -2.30. The van der Waals surface area contributed by atoms with Gasteiger partial charge in [0.2, 0.25) is 0 Å². The quantitative estimate of drug-likeness (QED) is 0.571. The Hall–Kier alpha value is -2.48. The van der Waals surface area contributed by atoms with Crippen LogP contribution in [0.2, 0.25) is 0 Å². The average Bonchev–Trinajstić information content (AvgIpc) is 2.62. The van der Waals surface area contributed by atoms with Crippen molar-refractivity contribution in [2.24, 2.45) is 0 Å². The van der Waals surface area contributed by atoms with Crippen LogP contribution in [0.3, 0.4) is 0 Å². The van der Waals surface area contributed by atoms with Gasteiger partial charge in [0, 0.05) is 24.7 Å². The van der Waals surface area contributed by atoms with Crippen LogP contribution in [-0.4, -0.2) is 23.9 Å². The number of anilines is 2. The maximum atomic E-state index is 13.7. The molecular weight excluding hydrogens is 405 g/mol. The molecule has 1 fully saturated rings. The molecule has 3 rings (SSSR count). The van der Waals surface area contributed by atoms with Gasteiger partial charge in [0.15, 0.2) is 0 Å². The minimum Gasteiger partial charge on any atom is -0.370 e. The number of amides is 1. The van der Waals surface area contributed by atoms with Crippen LogP contribution in [0.15, 0.2) is 40.9 Å². The summed E-state index contributed by atoms with van der Waals surface area (Å²) < 4.78 is 14.0. The largest absolute Gasteiger partial charge is 0.370 e. The van der Waals surface area contributed by atoms with Gasteiger partial charge in [-0.15, -0.1) is 0 Å². The number of piperidine rings is 1. The van der Waals surface area contributed by atoms with Gasteiger partial charge in [-0.3, -0.25) is 14.9 Å². The second-order valence-corrected chi connectivity index (χ2v) is 6.94. The van der Waals surface area contributed by atoms with Gasteiger partial charge in [-0.1, -0.05) is 0 Å². The molecule has 26 heavy (non-hydrogen) atoms. The highest BCUT2D eigenvalue weighted by molar-refractivity contribution is 9.10. The van der Waals surface area contributed by atoms with Crippen LogP contribution in [-0.2, 0) is 0 Å². The van der Waals surface area contributed by atoms with Crippen LogP contribution in [0.5, 0.6) is 0 Å². The number of halogens is 2. The summed E-state index contributed by atoms with van der Waals surface area (Å²) in [6, 6.07) is 8.41. The number of nitrogens with one attached hydrogen (secondary N) is 1. The maximum absolute atomic E-state index is 13.7. The van der Waals surface area contributed by atoms with E-state index in [2.05, 4.69) is 26.1 Å². The molecule has 136 valence electrons. The molecule has 1 saturated heterocycles. The zero-order valence-corrected chi connectivity index (χ0v) is 15.5. The fourth-order valence-corrected chi connectivity index (χ4v) is 3.40. The molecule has 0 aliphatic carbocycles. The molecule has 1 amide bonds. The number of carbonyl (C=O) groups excluding carboxylic acids is 1. The minimum atomic E-state index is -0.567. The fraction of sp³-hybridized carbons (Fsp3) is 0.278. The predicted molar refractivity (Wildman–Crippen MR) is 101 cm³/mol. The van der Waals surface area contributed by atoms with E-state index in [-0.39, 0.29) is 11.3 Å². The lowest BCUT2D eigenvalue weighted by molar-refractivity contribution is -0.385. The van der Waals surface area contributed by atoms with E-state index in [1.54, 1.807) is 6.07 Å². The topological polar surface area (TPSA) is 75.5 Å². The number of carbonyl (C=O) groups is 1. The van der Waals surface area contributed by atoms with Crippen molar-refractivity contribution in [3.05, 3.63) is 62.4 Å². The first kappa shape index (κ1) is 18.3. The minimum absolute atomic E-state index is 0.133. The summed E-state index contributed by atoms with van der Waals surface area (Å²) in [6.07, 6.45) is 3.25. The zero-order chi connectivity index (χ0) is 18.7. The molecule has 2 aromatic rings. The third-order valence-corrected chi connectivity index (χ3v) is 4.98. The highest BCUT2D eigenvalue weighted by Gasteiger charge is 2.19. The van der Waals surface area contributed by atoms with Crippen LogP contribution < -0.4 is 10.2 Å². The predicted octanol–water partition coefficient (Wildman–Crippen LogP) is 4.74. The standard InChI is InChI=1S/C18H17BrFN3O3/c19-14-6-4-12(10-17(14)23(25)26)18(24)21-15-11-13(20)5-7-16(15)22-8-2-1-3-9-22/h4-7,10-11H,1-3,8-9H2,(H,21,24). The molecule has 1 heterocycles. The van der Waals surface area contributed by atoms with E-state index in [1.165, 1.54) is 30.3 Å². The van der Waals surface area contributed by atoms with Gasteiger partial charge in [0.25, 0.3) is 11.6 Å². The molecule has 0 bridgehead atoms. The van der Waals surface area contributed by atoms with E-state index < -0.39 is 16.6 Å². The van der Waals surface area contributed by atoms with Crippen LogP contribution >= 0.6 is 15.9 Å². The van der Waals surface area contributed by atoms with Gasteiger partial charge in [0.1, 0.15) is 5.82 Å². The Balaban J connectivity index is 1.88. The van der Waals surface area contributed by atoms with Crippen molar-refractivity contribution in [3.63, 3.8) is 0 Å². The number of benzene rings is 2. The molecule has 2 aromatic carbocycles. The molecular formula is C18H17BrFN3O3. The molecule has 6 nitrogen and oxygen atoms in total. The van der Waals surface area contributed by atoms with Crippen molar-refractivity contribution >= 4 is 38.9 Å². The summed E-state index contributed by atoms with van der Waals surface area (Å²) in [6.45, 7) is 1.69. The Morgan fingerprint density at radius 2 is 1.88 bits per heavy atom. The van der Waals surface area contributed by atoms with Crippen LogP contribution in [0.4, 0.5) is 21.5 Å². The van der Waals surface area contributed by atoms with E-state index in [9.17, 15) is 19.3 Å². The van der Waals surface area contributed by atoms with Crippen molar-refractivity contribution in [1.82, 2.24) is 0 Å². The molecule has 0 unspecified atom stereocenters. The Kier molecular flexibility index (Phi) is 5.51. The van der Waals surface area contributed by atoms with E-state index in [0.717, 1.165) is 38.0 Å². The first-order valence-corrected chi connectivity index (χ1v) is 9.05. The molecule has 0 radical (unpaired) electrons. The summed E-state index contributed by atoms with van der Waals surface area (Å²) in [4.78, 5) is 25.2. The Bertz CT molecular complexity index is 854. The third-order valence-electron chi connectivity index (χ3n) is 4.31. The molecule has 0 atom stereocenters. The summed E-state index contributed by atoms with van der Waals surface area (Å²) in [7, 11) is 0. The first-order chi connectivity index (χ1) is 12.5. The number of nitrogens with zero attached hydrogens (tertiary/aromatic N) is 2. The Morgan fingerprint density at radius 3 is 2.58 bits per heavy atom. The van der Waals surface area contributed by atoms with Crippen molar-refractivity contribution in [2.45, 2.75) is 19.3 Å². The SMILES string of the molecule is O=C(Nc1cc(F)ccc1N1CCCCC1)c1ccc(Br)c([N+](=O)[O-])c1. The number of hydrogen-bond donors (Lipinski definition) is 1. The van der Waals surface area contributed by atoms with Crippen LogP contribution in [0.25, 0.3) is 0 Å². The molecule has 0 saturated carbocycles. The Morgan fingerprint density at radius 1 is 1.15 bits per heavy atom. The van der Waals surface area contributed by atoms with Gasteiger partial charge in [0.05, 0.1) is 20.8 Å². The number of rotatable bonds is 4. The summed E-state index contributed by atoms with van der Waals surface area (Å²) in [5, 5.41) is 13.7. The van der Waals surface area contributed by atoms with Crippen molar-refractivity contribution in [3.8, 4) is 0 Å². The third kappa shape index (κ3) is 4.01. The molecule has 1 aliphatic heterocycles. The second kappa shape index (κ2) is 7.82. The van der Waals surface area contributed by atoms with Gasteiger partial charge in [-0.05, 0) is 65.5 Å². The Labute approximate surface area is 158 Å². The van der Waals surface area contributed by atoms with Gasteiger partial charge in [-0.2, -0.15) is 0 Å². The second-order valence-electron chi connectivity index (χ2n) is 6.09. The lowest BCUT2D eigenvalue weighted by Crippen LogP contribution is -2.30. The monoisotopic (exact) mass is 421 g/mol. The summed E-state index contributed by atoms with van der Waals surface area (Å²) in [5.41, 5.74) is 1.05. The van der Waals surface area contributed by atoms with E-state index in [4.69, 9.17) is 0 Å². The van der Waals surface area contributed by atoms with Crippen molar-refractivity contribution < 1.29 is 14.1 Å². The smallest absolute Gasteiger partial charge is 0.284 e. The van der Waals surface area contributed by atoms with Gasteiger partial charge >= 0.3 is 0 Å². The lowest BCUT2D eigenvalue weighted by atomic mass is 10.1. The van der Waals surface area contributed by atoms with Gasteiger partial charge < -0.3 is 10.2 Å². The number of hydrogen-bond acceptors (Lipinski definition) is 4. The summed E-state index contributed by atoms with van der Waals surface area (Å²) in [5.74, 6) is -0.979. The maximum Gasteiger partial charge on any atom is 0.284 e. The molecule has 1 aliphatic rings. The van der Waals surface area contributed by atoms with Crippen molar-refractivity contribution in [1.29, 1.82) is 0 Å². The van der Waals surface area contributed by atoms with E-state index in [1.807, 2.05) is 0 Å². The van der Waals surface area contributed by atoms with E-state index in [0.29, 0.717) is 10.2 Å². The molecule has 0 spiro atoms. The molecule has 0 aromatic heterocycles. The summed E-state index contributed by atoms with van der Waals surface area (Å²) >= 11 is 3.09. The van der Waals surface area contributed by atoms with Crippen molar-refractivity contribution in [2.75, 3.05) is 23.3 Å².